The summed E-state index contributed by atoms with van der Waals surface area (Å²) in [6.45, 7) is 9.21. The van der Waals surface area contributed by atoms with E-state index in [4.69, 9.17) is 16.3 Å². The molecule has 2 aromatic carbocycles. The van der Waals surface area contributed by atoms with Crippen LogP contribution in [-0.2, 0) is 30.9 Å². The molecule has 0 aliphatic carbocycles. The summed E-state index contributed by atoms with van der Waals surface area (Å²) in [5, 5.41) is 5.63. The van der Waals surface area contributed by atoms with Crippen LogP contribution in [0.4, 0.5) is 11.4 Å². The van der Waals surface area contributed by atoms with Crippen molar-refractivity contribution in [3.8, 4) is 5.75 Å². The molecule has 2 aromatic rings. The van der Waals surface area contributed by atoms with E-state index < -0.39 is 33.5 Å². The molecule has 1 unspecified atom stereocenters. The Morgan fingerprint density at radius 1 is 0.820 bits per heavy atom. The predicted octanol–water partition coefficient (Wildman–Crippen LogP) is 6.62. The molecule has 2 N–H and O–H groups in total. The third kappa shape index (κ3) is 17.5. The van der Waals surface area contributed by atoms with Crippen LogP contribution in [0.2, 0.25) is 5.02 Å². The number of Topliss-reactive ketones (excluding diaryl/α,β-unsaturated/α-hetero) is 1. The Hall–Kier alpha value is -1.95. The molecule has 0 saturated carbocycles. The standard InChI is InChI=1S/C38H57ClN2O7S.Na/c1-6-8-9-10-11-12-13-14-15-16-17-18-19-20-28-25-30(22-24-34(28)49(45,46)47)48-33(7-2)37(44)40-29-21-23-31(39)32(26-29)41-36(43)27-35(42)38(3,4)5;/h21-26,33H,6-20,27H2,1-5H3,(H,40,44)(H,41,43)(H,45,46,47);/q;+1/p-1. The number of anilines is 2. The Morgan fingerprint density at radius 2 is 1.38 bits per heavy atom. The molecule has 2 rings (SSSR count). The maximum atomic E-state index is 13.2. The van der Waals surface area contributed by atoms with Gasteiger partial charge in [-0.2, -0.15) is 0 Å². The molecule has 0 bridgehead atoms. The topological polar surface area (TPSA) is 142 Å². The molecular weight excluding hydrogens is 687 g/mol. The monoisotopic (exact) mass is 742 g/mol. The number of carbonyl (C=O) groups is 3. The summed E-state index contributed by atoms with van der Waals surface area (Å²) in [5.74, 6) is -0.921. The third-order valence-electron chi connectivity index (χ3n) is 8.46. The SMILES string of the molecule is CCCCCCCCCCCCCCCc1cc(OC(CC)C(=O)Nc2ccc(Cl)c(NC(=O)CC(=O)C(C)(C)C)c2)ccc1S(=O)(=O)[O-].[Na+]. The summed E-state index contributed by atoms with van der Waals surface area (Å²) >= 11 is 6.26. The first-order valence-corrected chi connectivity index (χ1v) is 19.6. The fourth-order valence-corrected chi connectivity index (χ4v) is 6.30. The van der Waals surface area contributed by atoms with Gasteiger partial charge < -0.3 is 19.9 Å². The molecule has 0 heterocycles. The summed E-state index contributed by atoms with van der Waals surface area (Å²) in [4.78, 5) is 37.6. The molecule has 12 heteroatoms. The second-order valence-electron chi connectivity index (χ2n) is 13.8. The number of hydrogen-bond donors (Lipinski definition) is 2. The fourth-order valence-electron chi connectivity index (χ4n) is 5.42. The average Bonchev–Trinajstić information content (AvgIpc) is 3.02. The van der Waals surface area contributed by atoms with Crippen molar-refractivity contribution in [2.24, 2.45) is 5.41 Å². The van der Waals surface area contributed by atoms with Gasteiger partial charge >= 0.3 is 29.6 Å². The summed E-state index contributed by atoms with van der Waals surface area (Å²) in [5.41, 5.74) is 0.314. The number of amides is 2. The van der Waals surface area contributed by atoms with E-state index in [-0.39, 0.29) is 63.1 Å². The maximum absolute atomic E-state index is 13.2. The van der Waals surface area contributed by atoms with Crippen LogP contribution in [-0.4, -0.2) is 36.7 Å². The van der Waals surface area contributed by atoms with Crippen molar-refractivity contribution in [2.75, 3.05) is 10.6 Å². The predicted molar refractivity (Wildman–Crippen MR) is 196 cm³/mol. The molecule has 0 fully saturated rings. The molecule has 0 saturated heterocycles. The maximum Gasteiger partial charge on any atom is 1.00 e. The Labute approximate surface area is 327 Å². The Morgan fingerprint density at radius 3 is 1.90 bits per heavy atom. The molecular formula is C38H56ClN2NaO7S. The Bertz CT molecular complexity index is 1480. The number of ether oxygens (including phenoxy) is 1. The smallest absolute Gasteiger partial charge is 0.744 e. The van der Waals surface area contributed by atoms with Gasteiger partial charge in [-0.15, -0.1) is 0 Å². The second-order valence-corrected chi connectivity index (χ2v) is 15.6. The fraction of sp³-hybridized carbons (Fsp3) is 0.605. The molecule has 0 spiro atoms. The number of hydrogen-bond acceptors (Lipinski definition) is 7. The van der Waals surface area contributed by atoms with Gasteiger partial charge in [-0.25, -0.2) is 8.42 Å². The van der Waals surface area contributed by atoms with Crippen LogP contribution in [0.5, 0.6) is 5.75 Å². The zero-order valence-electron chi connectivity index (χ0n) is 31.0. The summed E-state index contributed by atoms with van der Waals surface area (Å²) < 4.78 is 41.9. The van der Waals surface area contributed by atoms with E-state index in [1.54, 1.807) is 33.8 Å². The van der Waals surface area contributed by atoms with Gasteiger partial charge in [-0.05, 0) is 61.2 Å². The van der Waals surface area contributed by atoms with Crippen LogP contribution < -0.4 is 44.9 Å². The molecule has 0 aliphatic heterocycles. The van der Waals surface area contributed by atoms with Crippen LogP contribution in [0.3, 0.4) is 0 Å². The first kappa shape index (κ1) is 46.1. The van der Waals surface area contributed by atoms with E-state index in [9.17, 15) is 27.4 Å². The van der Waals surface area contributed by atoms with Crippen LogP contribution in [0, 0.1) is 5.41 Å². The summed E-state index contributed by atoms with van der Waals surface area (Å²) in [7, 11) is -4.68. The van der Waals surface area contributed by atoms with E-state index in [1.807, 2.05) is 0 Å². The van der Waals surface area contributed by atoms with Crippen molar-refractivity contribution in [3.63, 3.8) is 0 Å². The molecule has 1 atom stereocenters. The van der Waals surface area contributed by atoms with Crippen molar-refractivity contribution in [2.45, 2.75) is 148 Å². The number of nitrogens with one attached hydrogen (secondary N) is 2. The van der Waals surface area contributed by atoms with Crippen LogP contribution in [0.15, 0.2) is 41.3 Å². The average molecular weight is 743 g/mol. The van der Waals surface area contributed by atoms with Crippen molar-refractivity contribution in [1.29, 1.82) is 0 Å². The normalized spacial score (nSPS) is 12.1. The van der Waals surface area contributed by atoms with Crippen molar-refractivity contribution in [1.82, 2.24) is 0 Å². The second kappa shape index (κ2) is 23.6. The number of ketones is 1. The van der Waals surface area contributed by atoms with E-state index in [0.717, 1.165) is 25.7 Å². The number of benzene rings is 2. The number of carbonyl (C=O) groups excluding carboxylic acids is 3. The van der Waals surface area contributed by atoms with Gasteiger partial charge in [-0.3, -0.25) is 14.4 Å². The van der Waals surface area contributed by atoms with Gasteiger partial charge in [0.2, 0.25) is 5.91 Å². The molecule has 0 aromatic heterocycles. The minimum atomic E-state index is -4.68. The number of rotatable bonds is 23. The minimum Gasteiger partial charge on any atom is -0.744 e. The Kier molecular flexibility index (Phi) is 21.7. The molecule has 274 valence electrons. The van der Waals surface area contributed by atoms with Gasteiger partial charge in [-0.1, -0.05) is 123 Å². The van der Waals surface area contributed by atoms with Crippen molar-refractivity contribution < 1.29 is 61.6 Å². The number of unbranched alkanes of at least 4 members (excludes halogenated alkanes) is 12. The largest absolute Gasteiger partial charge is 1.00 e. The summed E-state index contributed by atoms with van der Waals surface area (Å²) in [6.07, 6.45) is 14.9. The molecule has 0 aliphatic rings. The molecule has 0 radical (unpaired) electrons. The van der Waals surface area contributed by atoms with Crippen LogP contribution in [0.1, 0.15) is 136 Å². The summed E-state index contributed by atoms with van der Waals surface area (Å²) in [6, 6.07) is 8.76. The first-order chi connectivity index (χ1) is 23.1. The van der Waals surface area contributed by atoms with Gasteiger partial charge in [0.15, 0.2) is 6.10 Å². The number of aryl methyl sites for hydroxylation is 1. The van der Waals surface area contributed by atoms with Gasteiger partial charge in [0, 0.05) is 11.1 Å². The van der Waals surface area contributed by atoms with Crippen molar-refractivity contribution in [3.05, 3.63) is 47.0 Å². The van der Waals surface area contributed by atoms with E-state index >= 15 is 0 Å². The van der Waals surface area contributed by atoms with E-state index in [2.05, 4.69) is 17.6 Å². The molecule has 50 heavy (non-hydrogen) atoms. The van der Waals surface area contributed by atoms with E-state index in [1.165, 1.54) is 88.1 Å². The van der Waals surface area contributed by atoms with Gasteiger partial charge in [0.05, 0.1) is 22.0 Å². The zero-order valence-corrected chi connectivity index (χ0v) is 34.6. The minimum absolute atomic E-state index is 0. The number of halogens is 1. The quantitative estimate of drug-likeness (QED) is 0.0564. The molecule has 9 nitrogen and oxygen atoms in total. The molecule has 2 amide bonds. The third-order valence-corrected chi connectivity index (χ3v) is 9.72. The van der Waals surface area contributed by atoms with Crippen LogP contribution >= 0.6 is 11.6 Å². The first-order valence-electron chi connectivity index (χ1n) is 17.8. The zero-order chi connectivity index (χ0) is 36.5. The van der Waals surface area contributed by atoms with E-state index in [0.29, 0.717) is 24.1 Å². The van der Waals surface area contributed by atoms with Gasteiger partial charge in [0.1, 0.15) is 21.7 Å². The Balaban J connectivity index is 0.0000125. The van der Waals surface area contributed by atoms with Crippen LogP contribution in [0.25, 0.3) is 0 Å². The van der Waals surface area contributed by atoms with Gasteiger partial charge in [0.25, 0.3) is 5.91 Å². The van der Waals surface area contributed by atoms with Crippen molar-refractivity contribution >= 4 is 50.7 Å².